The summed E-state index contributed by atoms with van der Waals surface area (Å²) in [5.41, 5.74) is 1.99. The van der Waals surface area contributed by atoms with Crippen LogP contribution < -0.4 is 0 Å². The number of rotatable bonds is 0. The number of nitrogens with one attached hydrogen (secondary N) is 1. The molecule has 0 aliphatic carbocycles. The van der Waals surface area contributed by atoms with Gasteiger partial charge in [-0.1, -0.05) is 0 Å². The Kier molecular flexibility index (Phi) is 1.40. The molecule has 0 aliphatic heterocycles. The number of hydrogen-bond donors (Lipinski definition) is 1. The summed E-state index contributed by atoms with van der Waals surface area (Å²) in [7, 11) is 0. The summed E-state index contributed by atoms with van der Waals surface area (Å²) >= 11 is 0. The zero-order valence-corrected chi connectivity index (χ0v) is 6.98. The van der Waals surface area contributed by atoms with Crippen LogP contribution in [-0.4, -0.2) is 9.97 Å². The second-order valence-corrected chi connectivity index (χ2v) is 2.88. The van der Waals surface area contributed by atoms with Gasteiger partial charge in [-0.3, -0.25) is 0 Å². The molecule has 0 radical (unpaired) electrons. The molecule has 1 N–H and O–H groups in total. The largest absolute Gasteiger partial charge is 0.346 e. The van der Waals surface area contributed by atoms with Crippen molar-refractivity contribution >= 4 is 11.0 Å². The molecule has 3 heteroatoms. The Morgan fingerprint density at radius 2 is 2.17 bits per heavy atom. The number of aromatic nitrogens is 2. The Morgan fingerprint density at radius 1 is 1.42 bits per heavy atom. The lowest BCUT2D eigenvalue weighted by molar-refractivity contribution is 0.627. The first kappa shape index (κ1) is 7.28. The van der Waals surface area contributed by atoms with Crippen LogP contribution in [-0.2, 0) is 0 Å². The maximum absolute atomic E-state index is 13.4. The van der Waals surface area contributed by atoms with E-state index in [0.29, 0.717) is 16.6 Å². The number of halogens is 1. The summed E-state index contributed by atoms with van der Waals surface area (Å²) in [6.45, 7) is 3.54. The summed E-state index contributed by atoms with van der Waals surface area (Å²) in [4.78, 5) is 7.08. The number of H-pyrrole nitrogens is 1. The van der Waals surface area contributed by atoms with E-state index in [1.54, 1.807) is 26.1 Å². The number of nitrogens with zero attached hydrogens (tertiary/aromatic N) is 1. The highest BCUT2D eigenvalue weighted by Crippen LogP contribution is 2.19. The van der Waals surface area contributed by atoms with Crippen molar-refractivity contribution in [1.29, 1.82) is 0 Å². The number of fused-ring (bicyclic) bond motifs is 1. The standard InChI is InChI=1S/C9H9FN2/c1-5-6(2)12-9-7(8(5)10)3-4-11-9/h3-4H,1-2H3,(H,11,12). The highest BCUT2D eigenvalue weighted by Gasteiger charge is 2.08. The van der Waals surface area contributed by atoms with E-state index in [4.69, 9.17) is 0 Å². The lowest BCUT2D eigenvalue weighted by Gasteiger charge is -2.00. The van der Waals surface area contributed by atoms with Crippen LogP contribution in [0.2, 0.25) is 0 Å². The number of pyridine rings is 1. The average Bonchev–Trinajstić information content (AvgIpc) is 2.48. The Bertz CT molecular complexity index is 431. The first-order valence-electron chi connectivity index (χ1n) is 3.80. The Balaban J connectivity index is 2.94. The topological polar surface area (TPSA) is 28.7 Å². The van der Waals surface area contributed by atoms with E-state index >= 15 is 0 Å². The van der Waals surface area contributed by atoms with Crippen LogP contribution in [0.15, 0.2) is 12.3 Å². The molecule has 0 aromatic carbocycles. The van der Waals surface area contributed by atoms with Gasteiger partial charge in [0.05, 0.1) is 5.39 Å². The van der Waals surface area contributed by atoms with Gasteiger partial charge in [-0.25, -0.2) is 9.37 Å². The van der Waals surface area contributed by atoms with Gasteiger partial charge in [-0.05, 0) is 19.9 Å². The van der Waals surface area contributed by atoms with Crippen molar-refractivity contribution in [1.82, 2.24) is 9.97 Å². The van der Waals surface area contributed by atoms with Gasteiger partial charge in [-0.2, -0.15) is 0 Å². The number of hydrogen-bond acceptors (Lipinski definition) is 1. The molecule has 2 nitrogen and oxygen atoms in total. The van der Waals surface area contributed by atoms with Crippen molar-refractivity contribution in [3.8, 4) is 0 Å². The lowest BCUT2D eigenvalue weighted by atomic mass is 10.2. The fourth-order valence-electron chi connectivity index (χ4n) is 1.24. The minimum absolute atomic E-state index is 0.168. The van der Waals surface area contributed by atoms with Crippen molar-refractivity contribution in [3.63, 3.8) is 0 Å². The Hall–Kier alpha value is -1.38. The fourth-order valence-corrected chi connectivity index (χ4v) is 1.24. The van der Waals surface area contributed by atoms with Crippen LogP contribution in [0.25, 0.3) is 11.0 Å². The van der Waals surface area contributed by atoms with Crippen molar-refractivity contribution in [3.05, 3.63) is 29.3 Å². The van der Waals surface area contributed by atoms with E-state index in [1.807, 2.05) is 0 Å². The smallest absolute Gasteiger partial charge is 0.140 e. The summed E-state index contributed by atoms with van der Waals surface area (Å²) in [6, 6.07) is 1.70. The van der Waals surface area contributed by atoms with Gasteiger partial charge in [0.15, 0.2) is 0 Å². The molecule has 2 rings (SSSR count). The third-order valence-electron chi connectivity index (χ3n) is 2.11. The summed E-state index contributed by atoms with van der Waals surface area (Å²) in [5.74, 6) is -0.168. The predicted octanol–water partition coefficient (Wildman–Crippen LogP) is 2.32. The summed E-state index contributed by atoms with van der Waals surface area (Å²) < 4.78 is 13.4. The maximum atomic E-state index is 13.4. The molecule has 12 heavy (non-hydrogen) atoms. The second-order valence-electron chi connectivity index (χ2n) is 2.88. The minimum atomic E-state index is -0.168. The van der Waals surface area contributed by atoms with Crippen LogP contribution >= 0.6 is 0 Å². The Labute approximate surface area is 69.4 Å². The van der Waals surface area contributed by atoms with Crippen LogP contribution in [0.4, 0.5) is 4.39 Å². The van der Waals surface area contributed by atoms with Crippen LogP contribution in [0, 0.1) is 19.7 Å². The van der Waals surface area contributed by atoms with Gasteiger partial charge in [0.1, 0.15) is 11.5 Å². The van der Waals surface area contributed by atoms with Crippen LogP contribution in [0.5, 0.6) is 0 Å². The van der Waals surface area contributed by atoms with Crippen LogP contribution in [0.3, 0.4) is 0 Å². The van der Waals surface area contributed by atoms with E-state index in [2.05, 4.69) is 9.97 Å². The number of aromatic amines is 1. The molecular weight excluding hydrogens is 155 g/mol. The fraction of sp³-hybridized carbons (Fsp3) is 0.222. The third kappa shape index (κ3) is 0.826. The van der Waals surface area contributed by atoms with Gasteiger partial charge in [-0.15, -0.1) is 0 Å². The van der Waals surface area contributed by atoms with E-state index < -0.39 is 0 Å². The molecule has 0 spiro atoms. The molecule has 0 fully saturated rings. The lowest BCUT2D eigenvalue weighted by Crippen LogP contribution is -1.92. The highest BCUT2D eigenvalue weighted by atomic mass is 19.1. The molecular formula is C9H9FN2. The predicted molar refractivity (Wildman–Crippen MR) is 45.5 cm³/mol. The minimum Gasteiger partial charge on any atom is -0.346 e. The van der Waals surface area contributed by atoms with E-state index in [0.717, 1.165) is 5.69 Å². The van der Waals surface area contributed by atoms with Gasteiger partial charge in [0.25, 0.3) is 0 Å². The molecule has 2 heterocycles. The molecule has 0 saturated carbocycles. The second kappa shape index (κ2) is 2.30. The number of aryl methyl sites for hydroxylation is 1. The van der Waals surface area contributed by atoms with Crippen molar-refractivity contribution in [2.75, 3.05) is 0 Å². The van der Waals surface area contributed by atoms with Crippen molar-refractivity contribution in [2.24, 2.45) is 0 Å². The van der Waals surface area contributed by atoms with Gasteiger partial charge >= 0.3 is 0 Å². The zero-order valence-electron chi connectivity index (χ0n) is 6.98. The molecule has 0 amide bonds. The third-order valence-corrected chi connectivity index (χ3v) is 2.11. The molecule has 0 bridgehead atoms. The molecule has 0 saturated heterocycles. The van der Waals surface area contributed by atoms with Gasteiger partial charge < -0.3 is 4.98 Å². The normalized spacial score (nSPS) is 10.9. The Morgan fingerprint density at radius 3 is 2.92 bits per heavy atom. The van der Waals surface area contributed by atoms with E-state index in [-0.39, 0.29) is 5.82 Å². The molecule has 0 atom stereocenters. The molecule has 0 unspecified atom stereocenters. The van der Waals surface area contributed by atoms with Gasteiger partial charge in [0.2, 0.25) is 0 Å². The van der Waals surface area contributed by atoms with Crippen molar-refractivity contribution in [2.45, 2.75) is 13.8 Å². The first-order valence-corrected chi connectivity index (χ1v) is 3.80. The SMILES string of the molecule is Cc1nc2[nH]ccc2c(F)c1C. The highest BCUT2D eigenvalue weighted by molar-refractivity contribution is 5.77. The molecule has 0 aliphatic rings. The zero-order chi connectivity index (χ0) is 8.72. The average molecular weight is 164 g/mol. The maximum Gasteiger partial charge on any atom is 0.140 e. The molecule has 62 valence electrons. The van der Waals surface area contributed by atoms with E-state index in [1.165, 1.54) is 0 Å². The van der Waals surface area contributed by atoms with E-state index in [9.17, 15) is 4.39 Å². The molecule has 2 aromatic heterocycles. The summed E-state index contributed by atoms with van der Waals surface area (Å²) in [5, 5.41) is 0.568. The quantitative estimate of drug-likeness (QED) is 0.636. The molecule has 2 aromatic rings. The first-order chi connectivity index (χ1) is 5.70. The summed E-state index contributed by atoms with van der Waals surface area (Å²) in [6.07, 6.45) is 1.69. The van der Waals surface area contributed by atoms with Gasteiger partial charge in [0, 0.05) is 17.5 Å². The van der Waals surface area contributed by atoms with Crippen molar-refractivity contribution < 1.29 is 4.39 Å². The monoisotopic (exact) mass is 164 g/mol. The van der Waals surface area contributed by atoms with Crippen LogP contribution in [0.1, 0.15) is 11.3 Å².